The van der Waals surface area contributed by atoms with Crippen LogP contribution in [-0.4, -0.2) is 69.7 Å². The highest BCUT2D eigenvalue weighted by atomic mass is 32.2. The molecular weight excluding hydrogens is 396 g/mol. The van der Waals surface area contributed by atoms with Crippen LogP contribution in [0.15, 0.2) is 30.5 Å². The van der Waals surface area contributed by atoms with Crippen LogP contribution in [0.2, 0.25) is 0 Å². The van der Waals surface area contributed by atoms with Crippen LogP contribution >= 0.6 is 11.8 Å². The Morgan fingerprint density at radius 1 is 1.33 bits per heavy atom. The smallest absolute Gasteiger partial charge is 0.276 e. The van der Waals surface area contributed by atoms with E-state index in [0.717, 1.165) is 56.2 Å². The maximum atomic E-state index is 12.7. The number of hydrogen-bond acceptors (Lipinski definition) is 5. The number of rotatable bonds is 5. The molecule has 1 aromatic heterocycles. The van der Waals surface area contributed by atoms with Gasteiger partial charge in [-0.05, 0) is 50.2 Å². The van der Waals surface area contributed by atoms with Crippen LogP contribution in [0.25, 0.3) is 10.9 Å². The monoisotopic (exact) mass is 428 g/mol. The average Bonchev–Trinajstić information content (AvgIpc) is 3.13. The lowest BCUT2D eigenvalue weighted by Gasteiger charge is -2.38. The van der Waals surface area contributed by atoms with Crippen molar-refractivity contribution in [1.82, 2.24) is 20.1 Å². The molecule has 0 bridgehead atoms. The summed E-state index contributed by atoms with van der Waals surface area (Å²) in [7, 11) is 2.08. The second-order valence-corrected chi connectivity index (χ2v) is 9.03. The summed E-state index contributed by atoms with van der Waals surface area (Å²) in [6.45, 7) is 6.60. The summed E-state index contributed by atoms with van der Waals surface area (Å²) in [5, 5.41) is 20.9. The fourth-order valence-electron chi connectivity index (χ4n) is 3.83. The number of amides is 1. The molecule has 1 aliphatic heterocycles. The number of carbonyl (C=O) groups is 1. The van der Waals surface area contributed by atoms with Gasteiger partial charge in [-0.25, -0.2) is 0 Å². The Balaban J connectivity index is 1.57. The number of nitrogens with one attached hydrogen (secondary N) is 4. The molecule has 3 rings (SSSR count). The number of H-pyrrole nitrogens is 1. The normalized spacial score (nSPS) is 18.4. The van der Waals surface area contributed by atoms with Crippen molar-refractivity contribution in [2.75, 3.05) is 26.7 Å². The van der Waals surface area contributed by atoms with E-state index in [1.54, 1.807) is 0 Å². The van der Waals surface area contributed by atoms with E-state index in [0.29, 0.717) is 6.04 Å². The van der Waals surface area contributed by atoms with Crippen LogP contribution in [0.5, 0.6) is 0 Å². The third kappa shape index (κ3) is 5.43. The molecule has 0 radical (unpaired) electrons. The predicted molar refractivity (Wildman–Crippen MR) is 126 cm³/mol. The standard InChI is InChI=1S/C22H32N6OS/c1-4-7-17(12-16-13-25-19-9-6-5-8-18(16)19)26-21(29)20(23)30-22(24)28-11-10-27(3)15(2)14-28/h5-6,8-9,13,15,17,23-25H,4,7,10-12,14H2,1-3H3,(H,26,29). The number of fused-ring (bicyclic) bond motifs is 1. The molecule has 2 heterocycles. The summed E-state index contributed by atoms with van der Waals surface area (Å²) in [6, 6.07) is 8.46. The summed E-state index contributed by atoms with van der Waals surface area (Å²) in [5.41, 5.74) is 2.26. The first-order chi connectivity index (χ1) is 14.4. The van der Waals surface area contributed by atoms with Gasteiger partial charge in [-0.15, -0.1) is 0 Å². The zero-order chi connectivity index (χ0) is 21.7. The van der Waals surface area contributed by atoms with Crippen LogP contribution in [0.3, 0.4) is 0 Å². The molecule has 1 aromatic carbocycles. The maximum absolute atomic E-state index is 12.7. The average molecular weight is 429 g/mol. The molecule has 2 unspecified atom stereocenters. The Bertz CT molecular complexity index is 910. The first-order valence-corrected chi connectivity index (χ1v) is 11.4. The zero-order valence-corrected chi connectivity index (χ0v) is 18.8. The van der Waals surface area contributed by atoms with Crippen molar-refractivity contribution in [3.05, 3.63) is 36.0 Å². The molecule has 0 aliphatic carbocycles. The third-order valence-corrected chi connectivity index (χ3v) is 6.61. The Hall–Kier alpha value is -2.32. The summed E-state index contributed by atoms with van der Waals surface area (Å²) in [6.07, 6.45) is 4.51. The van der Waals surface area contributed by atoms with E-state index in [1.165, 1.54) is 10.9 Å². The van der Waals surface area contributed by atoms with Crippen LogP contribution in [-0.2, 0) is 11.2 Å². The molecule has 7 nitrogen and oxygen atoms in total. The summed E-state index contributed by atoms with van der Waals surface area (Å²) in [4.78, 5) is 20.2. The molecule has 1 aliphatic rings. The van der Waals surface area contributed by atoms with Gasteiger partial charge in [-0.1, -0.05) is 31.5 Å². The number of hydrogen-bond donors (Lipinski definition) is 4. The third-order valence-electron chi connectivity index (χ3n) is 5.77. The Labute approximate surface area is 182 Å². The zero-order valence-electron chi connectivity index (χ0n) is 18.0. The largest absolute Gasteiger partial charge is 0.361 e. The van der Waals surface area contributed by atoms with Crippen molar-refractivity contribution < 1.29 is 4.79 Å². The first kappa shape index (κ1) is 22.4. The molecule has 0 saturated carbocycles. The number of carbonyl (C=O) groups excluding carboxylic acids is 1. The highest BCUT2D eigenvalue weighted by Crippen LogP contribution is 2.20. The molecular formula is C22H32N6OS. The summed E-state index contributed by atoms with van der Waals surface area (Å²) < 4.78 is 0. The second kappa shape index (κ2) is 10.1. The van der Waals surface area contributed by atoms with Gasteiger partial charge in [0.05, 0.1) is 0 Å². The lowest BCUT2D eigenvalue weighted by molar-refractivity contribution is -0.115. The van der Waals surface area contributed by atoms with E-state index in [9.17, 15) is 4.79 Å². The van der Waals surface area contributed by atoms with E-state index in [-0.39, 0.29) is 16.3 Å². The van der Waals surface area contributed by atoms with Crippen molar-refractivity contribution in [2.45, 2.75) is 45.2 Å². The fourth-order valence-corrected chi connectivity index (χ4v) is 4.47. The van der Waals surface area contributed by atoms with Gasteiger partial charge in [0.2, 0.25) is 0 Å². The van der Waals surface area contributed by atoms with E-state index in [1.807, 2.05) is 29.3 Å². The van der Waals surface area contributed by atoms with E-state index in [2.05, 4.69) is 42.2 Å². The van der Waals surface area contributed by atoms with Gasteiger partial charge in [-0.3, -0.25) is 15.6 Å². The Morgan fingerprint density at radius 2 is 2.10 bits per heavy atom. The first-order valence-electron chi connectivity index (χ1n) is 10.5. The van der Waals surface area contributed by atoms with Crippen LogP contribution in [0, 0.1) is 10.8 Å². The van der Waals surface area contributed by atoms with Crippen molar-refractivity contribution >= 4 is 38.8 Å². The number of likely N-dealkylation sites (N-methyl/N-ethyl adjacent to an activating group) is 1. The quantitative estimate of drug-likeness (QED) is 0.434. The van der Waals surface area contributed by atoms with E-state index in [4.69, 9.17) is 10.8 Å². The molecule has 2 atom stereocenters. The van der Waals surface area contributed by atoms with Gasteiger partial charge in [0.15, 0.2) is 10.2 Å². The molecule has 1 fully saturated rings. The van der Waals surface area contributed by atoms with Crippen LogP contribution in [0.1, 0.15) is 32.3 Å². The number of nitrogens with zero attached hydrogens (tertiary/aromatic N) is 2. The number of benzene rings is 1. The number of thioether (sulfide) groups is 1. The lowest BCUT2D eigenvalue weighted by Crippen LogP contribution is -2.51. The number of aromatic amines is 1. The minimum Gasteiger partial charge on any atom is -0.361 e. The predicted octanol–water partition coefficient (Wildman–Crippen LogP) is 3.28. The highest BCUT2D eigenvalue weighted by molar-refractivity contribution is 8.27. The van der Waals surface area contributed by atoms with Crippen molar-refractivity contribution in [3.63, 3.8) is 0 Å². The number of amidine groups is 1. The van der Waals surface area contributed by atoms with Gasteiger partial charge in [0.1, 0.15) is 0 Å². The van der Waals surface area contributed by atoms with Gasteiger partial charge >= 0.3 is 0 Å². The second-order valence-electron chi connectivity index (χ2n) is 8.03. The van der Waals surface area contributed by atoms with E-state index < -0.39 is 5.91 Å². The number of piperazine rings is 1. The minimum atomic E-state index is -0.398. The minimum absolute atomic E-state index is 0.0412. The van der Waals surface area contributed by atoms with Gasteiger partial charge in [0.25, 0.3) is 5.91 Å². The number of para-hydroxylation sites is 1. The molecule has 0 spiro atoms. The molecule has 1 amide bonds. The topological polar surface area (TPSA) is 99.1 Å². The highest BCUT2D eigenvalue weighted by Gasteiger charge is 2.25. The van der Waals surface area contributed by atoms with Gasteiger partial charge in [-0.2, -0.15) is 0 Å². The van der Waals surface area contributed by atoms with Crippen molar-refractivity contribution in [2.24, 2.45) is 0 Å². The Kier molecular flexibility index (Phi) is 7.55. The van der Waals surface area contributed by atoms with Crippen molar-refractivity contribution in [3.8, 4) is 0 Å². The van der Waals surface area contributed by atoms with Crippen molar-refractivity contribution in [1.29, 1.82) is 10.8 Å². The molecule has 1 saturated heterocycles. The van der Waals surface area contributed by atoms with Crippen LogP contribution < -0.4 is 5.32 Å². The van der Waals surface area contributed by atoms with Gasteiger partial charge < -0.3 is 20.1 Å². The lowest BCUT2D eigenvalue weighted by atomic mass is 10.0. The molecule has 30 heavy (non-hydrogen) atoms. The molecule has 2 aromatic rings. The molecule has 8 heteroatoms. The summed E-state index contributed by atoms with van der Waals surface area (Å²) >= 11 is 0.944. The number of aromatic nitrogens is 1. The SMILES string of the molecule is CCCC(Cc1c[nH]c2ccccc12)NC(=O)C(=N)SC(=N)N1CCN(C)C(C)C1. The van der Waals surface area contributed by atoms with Gasteiger partial charge in [0, 0.05) is 48.8 Å². The molecule has 4 N–H and O–H groups in total. The maximum Gasteiger partial charge on any atom is 0.276 e. The molecule has 162 valence electrons. The van der Waals surface area contributed by atoms with Crippen LogP contribution in [0.4, 0.5) is 0 Å². The van der Waals surface area contributed by atoms with E-state index >= 15 is 0 Å². The summed E-state index contributed by atoms with van der Waals surface area (Å²) in [5.74, 6) is -0.398. The Morgan fingerprint density at radius 3 is 2.83 bits per heavy atom. The fraction of sp³-hybridized carbons (Fsp3) is 0.500.